The molecule has 3 saturated carbocycles. The zero-order valence-corrected chi connectivity index (χ0v) is 42.0. The average Bonchev–Trinajstić information content (AvgIpc) is 3.60. The van der Waals surface area contributed by atoms with Crippen molar-refractivity contribution in [1.29, 1.82) is 0 Å². The van der Waals surface area contributed by atoms with Gasteiger partial charge in [0.2, 0.25) is 0 Å². The van der Waals surface area contributed by atoms with Crippen molar-refractivity contribution in [3.05, 3.63) is 11.6 Å². The zero-order chi connectivity index (χ0) is 44.8. The molecular weight excluding hydrogens is 765 g/mol. The monoisotopic (exact) mass is 865 g/mol. The summed E-state index contributed by atoms with van der Waals surface area (Å²) in [7, 11) is 0. The van der Waals surface area contributed by atoms with E-state index in [4.69, 9.17) is 9.47 Å². The number of carbonyl (C=O) groups excluding carboxylic acids is 3. The molecule has 0 heterocycles. The molecule has 0 aromatic carbocycles. The Bertz CT molecular complexity index is 1310. The van der Waals surface area contributed by atoms with E-state index in [1.54, 1.807) is 5.57 Å². The van der Waals surface area contributed by atoms with E-state index in [0.717, 1.165) is 119 Å². The molecule has 0 amide bonds. The molecule has 4 aliphatic carbocycles. The van der Waals surface area contributed by atoms with E-state index in [0.29, 0.717) is 54.8 Å². The van der Waals surface area contributed by atoms with Gasteiger partial charge in [-0.15, -0.1) is 0 Å². The fourth-order valence-corrected chi connectivity index (χ4v) is 13.6. The first kappa shape index (κ1) is 53.0. The van der Waals surface area contributed by atoms with E-state index in [2.05, 4.69) is 54.5 Å². The van der Waals surface area contributed by atoms with Gasteiger partial charge >= 0.3 is 11.9 Å². The normalized spacial score (nSPS) is 27.4. The fourth-order valence-electron chi connectivity index (χ4n) is 13.6. The predicted octanol–water partition coefficient (Wildman–Crippen LogP) is 16.7. The number of esters is 2. The van der Waals surface area contributed by atoms with Crippen LogP contribution in [0.3, 0.4) is 0 Å². The van der Waals surface area contributed by atoms with Crippen LogP contribution >= 0.6 is 0 Å². The van der Waals surface area contributed by atoms with Crippen molar-refractivity contribution in [1.82, 2.24) is 0 Å². The maximum absolute atomic E-state index is 12.9. The number of ether oxygens (including phenoxy) is 2. The molecule has 358 valence electrons. The molecule has 0 aromatic rings. The molecule has 5 heteroatoms. The molecule has 0 saturated heterocycles. The minimum atomic E-state index is -0.0385. The Morgan fingerprint density at radius 1 is 0.629 bits per heavy atom. The smallest absolute Gasteiger partial charge is 0.306 e. The number of allylic oxidation sites excluding steroid dienone is 1. The fraction of sp³-hybridized carbons (Fsp3) is 0.912. The quantitative estimate of drug-likeness (QED) is 0.0373. The molecule has 5 nitrogen and oxygen atoms in total. The highest BCUT2D eigenvalue weighted by Crippen LogP contribution is 2.67. The van der Waals surface area contributed by atoms with Crippen LogP contribution in [0.25, 0.3) is 0 Å². The van der Waals surface area contributed by atoms with Crippen LogP contribution in [0.1, 0.15) is 267 Å². The number of ketones is 1. The van der Waals surface area contributed by atoms with Crippen molar-refractivity contribution in [3.8, 4) is 0 Å². The zero-order valence-electron chi connectivity index (χ0n) is 42.0. The van der Waals surface area contributed by atoms with Crippen LogP contribution in [0, 0.1) is 52.3 Å². The van der Waals surface area contributed by atoms with E-state index < -0.39 is 0 Å². The van der Waals surface area contributed by atoms with Crippen molar-refractivity contribution in [2.24, 2.45) is 52.3 Å². The molecule has 0 N–H and O–H groups in total. The first-order valence-corrected chi connectivity index (χ1v) is 27.5. The summed E-state index contributed by atoms with van der Waals surface area (Å²) in [5.74, 6) is 6.14. The van der Waals surface area contributed by atoms with E-state index in [1.165, 1.54) is 109 Å². The van der Waals surface area contributed by atoms with E-state index in [-0.39, 0.29) is 18.0 Å². The van der Waals surface area contributed by atoms with Crippen molar-refractivity contribution >= 4 is 17.7 Å². The summed E-state index contributed by atoms with van der Waals surface area (Å²) in [4.78, 5) is 37.7. The summed E-state index contributed by atoms with van der Waals surface area (Å²) in [6, 6.07) is 0. The largest absolute Gasteiger partial charge is 0.466 e. The summed E-state index contributed by atoms with van der Waals surface area (Å²) in [6.07, 6.45) is 40.7. The number of carbonyl (C=O) groups is 3. The molecule has 62 heavy (non-hydrogen) atoms. The minimum Gasteiger partial charge on any atom is -0.466 e. The number of hydrogen-bond donors (Lipinski definition) is 0. The van der Waals surface area contributed by atoms with E-state index in [1.807, 2.05) is 0 Å². The van der Waals surface area contributed by atoms with Crippen LogP contribution < -0.4 is 0 Å². The lowest BCUT2D eigenvalue weighted by molar-refractivity contribution is -0.151. The van der Waals surface area contributed by atoms with Crippen LogP contribution in [0.15, 0.2) is 11.6 Å². The third-order valence-electron chi connectivity index (χ3n) is 17.5. The Hall–Kier alpha value is -1.65. The number of hydrogen-bond acceptors (Lipinski definition) is 5. The summed E-state index contributed by atoms with van der Waals surface area (Å²) in [5.41, 5.74) is 2.42. The number of unbranched alkanes of at least 4 members (excludes halogenated alkanes) is 12. The van der Waals surface area contributed by atoms with Gasteiger partial charge in [0.15, 0.2) is 0 Å². The molecule has 0 bridgehead atoms. The summed E-state index contributed by atoms with van der Waals surface area (Å²) < 4.78 is 11.7. The topological polar surface area (TPSA) is 69.7 Å². The van der Waals surface area contributed by atoms with Crippen LogP contribution in [0.4, 0.5) is 0 Å². The Kier molecular flexibility index (Phi) is 24.3. The van der Waals surface area contributed by atoms with Crippen LogP contribution in [-0.2, 0) is 23.9 Å². The molecule has 3 fully saturated rings. The lowest BCUT2D eigenvalue weighted by Crippen LogP contribution is -2.51. The van der Waals surface area contributed by atoms with Crippen LogP contribution in [0.5, 0.6) is 0 Å². The van der Waals surface area contributed by atoms with Gasteiger partial charge in [-0.05, 0) is 129 Å². The minimum absolute atomic E-state index is 0.00868. The highest BCUT2D eigenvalue weighted by molar-refractivity contribution is 5.78. The second-order valence-electron chi connectivity index (χ2n) is 22.6. The van der Waals surface area contributed by atoms with Gasteiger partial charge in [-0.2, -0.15) is 0 Å². The molecule has 4 rings (SSSR count). The molecule has 4 aliphatic rings. The summed E-state index contributed by atoms with van der Waals surface area (Å²) in [6.45, 7) is 17.7. The van der Waals surface area contributed by atoms with Gasteiger partial charge in [-0.3, -0.25) is 14.4 Å². The second kappa shape index (κ2) is 28.4. The van der Waals surface area contributed by atoms with Crippen molar-refractivity contribution in [2.75, 3.05) is 6.61 Å². The lowest BCUT2D eigenvalue weighted by atomic mass is 9.47. The Morgan fingerprint density at radius 2 is 1.24 bits per heavy atom. The summed E-state index contributed by atoms with van der Waals surface area (Å²) >= 11 is 0. The van der Waals surface area contributed by atoms with Gasteiger partial charge in [-0.25, -0.2) is 0 Å². The molecular formula is C57H100O5. The first-order valence-electron chi connectivity index (χ1n) is 27.5. The van der Waals surface area contributed by atoms with Crippen LogP contribution in [0.2, 0.25) is 0 Å². The Morgan fingerprint density at radius 3 is 1.87 bits per heavy atom. The highest BCUT2D eigenvalue weighted by Gasteiger charge is 2.59. The molecule has 0 aromatic heterocycles. The lowest BCUT2D eigenvalue weighted by Gasteiger charge is -2.58. The third-order valence-corrected chi connectivity index (χ3v) is 17.5. The Balaban J connectivity index is 0.987. The molecule has 0 spiro atoms. The number of rotatable bonds is 33. The third kappa shape index (κ3) is 17.0. The van der Waals surface area contributed by atoms with Gasteiger partial charge in [0, 0.05) is 32.1 Å². The average molecular weight is 865 g/mol. The maximum atomic E-state index is 12.9. The molecule has 0 radical (unpaired) electrons. The molecule has 3 unspecified atom stereocenters. The maximum Gasteiger partial charge on any atom is 0.306 e. The van der Waals surface area contributed by atoms with Gasteiger partial charge in [0.05, 0.1) is 6.61 Å². The van der Waals surface area contributed by atoms with E-state index in [9.17, 15) is 14.4 Å². The van der Waals surface area contributed by atoms with Crippen molar-refractivity contribution < 1.29 is 23.9 Å². The van der Waals surface area contributed by atoms with Crippen LogP contribution in [-0.4, -0.2) is 30.4 Å². The molecule has 8 atom stereocenters. The Labute approximate surface area is 383 Å². The summed E-state index contributed by atoms with van der Waals surface area (Å²) in [5, 5.41) is 0. The van der Waals surface area contributed by atoms with Gasteiger partial charge in [-0.1, -0.05) is 169 Å². The first-order chi connectivity index (χ1) is 29.9. The standard InChI is InChI=1S/C57H100O5/c1-8-10-18-27-46(28-19-11-9-2)39-42-61-54(59)31-22-16-12-14-20-29-48(58)30-21-15-13-17-23-32-55(60)62-49-37-40-56(6)47(43-49)33-34-50-52-36-35-51(45(5)26-24-25-44(3)4)57(52,7)41-38-53(50)56/h33,44-46,49-53H,8-32,34-43H2,1-7H3/t45-,49+,50?,51-,52?,53?,56+,57-/m1/s1. The van der Waals surface area contributed by atoms with Crippen molar-refractivity contribution in [3.63, 3.8) is 0 Å². The SMILES string of the molecule is CCCCCC(CCCCC)CCOC(=O)CCCCCCCC(=O)CCCCCCCC(=O)O[C@H]1CC[C@@]2(C)C(=CCC3C2CC[C@@]2(C)C3CC[C@@H]2[C@H](C)CCCC(C)C)C1. The van der Waals surface area contributed by atoms with E-state index >= 15 is 0 Å². The van der Waals surface area contributed by atoms with Gasteiger partial charge in [0.25, 0.3) is 0 Å². The highest BCUT2D eigenvalue weighted by atomic mass is 16.5. The molecule has 0 aliphatic heterocycles. The number of fused-ring (bicyclic) bond motifs is 5. The van der Waals surface area contributed by atoms with Crippen molar-refractivity contribution in [2.45, 2.75) is 273 Å². The van der Waals surface area contributed by atoms with Gasteiger partial charge < -0.3 is 9.47 Å². The van der Waals surface area contributed by atoms with Gasteiger partial charge in [0.1, 0.15) is 11.9 Å². The number of Topliss-reactive ketones (excluding diaryl/α,β-unsaturated/α-hetero) is 1. The second-order valence-corrected chi connectivity index (χ2v) is 22.6. The predicted molar refractivity (Wildman–Crippen MR) is 260 cm³/mol.